The van der Waals surface area contributed by atoms with E-state index in [1.807, 2.05) is 7.05 Å². The molecule has 0 bridgehead atoms. The van der Waals surface area contributed by atoms with Gasteiger partial charge in [0.15, 0.2) is 0 Å². The van der Waals surface area contributed by atoms with Gasteiger partial charge in [-0.25, -0.2) is 0 Å². The van der Waals surface area contributed by atoms with Gasteiger partial charge in [-0.3, -0.25) is 0 Å². The SMILES string of the molecule is CNCCCC1=CC2(CCCC2)c2ccccc21. The minimum Gasteiger partial charge on any atom is -0.320 e. The van der Waals surface area contributed by atoms with Crippen molar-refractivity contribution in [2.75, 3.05) is 13.6 Å². The molecule has 0 unspecified atom stereocenters. The summed E-state index contributed by atoms with van der Waals surface area (Å²) in [6.07, 6.45) is 10.6. The van der Waals surface area contributed by atoms with Crippen molar-refractivity contribution in [3.8, 4) is 0 Å². The van der Waals surface area contributed by atoms with E-state index in [1.54, 1.807) is 11.1 Å². The van der Waals surface area contributed by atoms with Crippen LogP contribution in [0.1, 0.15) is 49.7 Å². The van der Waals surface area contributed by atoms with Crippen LogP contribution in [-0.4, -0.2) is 13.6 Å². The quantitative estimate of drug-likeness (QED) is 0.788. The molecule has 3 rings (SSSR count). The van der Waals surface area contributed by atoms with E-state index < -0.39 is 0 Å². The maximum Gasteiger partial charge on any atom is 0.0144 e. The van der Waals surface area contributed by atoms with Gasteiger partial charge in [0.2, 0.25) is 0 Å². The topological polar surface area (TPSA) is 12.0 Å². The molecule has 1 saturated carbocycles. The second-order valence-corrected chi connectivity index (χ2v) is 5.79. The van der Waals surface area contributed by atoms with Gasteiger partial charge in [-0.05, 0) is 56.0 Å². The van der Waals surface area contributed by atoms with Gasteiger partial charge in [-0.15, -0.1) is 0 Å². The van der Waals surface area contributed by atoms with Crippen LogP contribution in [0.15, 0.2) is 30.3 Å². The molecule has 1 N–H and O–H groups in total. The maximum absolute atomic E-state index is 3.25. The van der Waals surface area contributed by atoms with Crippen LogP contribution < -0.4 is 5.32 Å². The van der Waals surface area contributed by atoms with E-state index in [2.05, 4.69) is 35.7 Å². The smallest absolute Gasteiger partial charge is 0.0144 e. The van der Waals surface area contributed by atoms with E-state index in [0.29, 0.717) is 5.41 Å². The molecular weight excluding hydrogens is 218 g/mol. The third kappa shape index (κ3) is 1.91. The maximum atomic E-state index is 3.25. The zero-order valence-corrected chi connectivity index (χ0v) is 11.3. The molecule has 18 heavy (non-hydrogen) atoms. The summed E-state index contributed by atoms with van der Waals surface area (Å²) in [5.74, 6) is 0. The van der Waals surface area contributed by atoms with Crippen LogP contribution in [0.5, 0.6) is 0 Å². The molecule has 0 radical (unpaired) electrons. The Hall–Kier alpha value is -1.08. The fourth-order valence-electron chi connectivity index (χ4n) is 3.77. The third-order valence-electron chi connectivity index (χ3n) is 4.63. The van der Waals surface area contributed by atoms with Crippen molar-refractivity contribution in [3.63, 3.8) is 0 Å². The van der Waals surface area contributed by atoms with Gasteiger partial charge in [-0.2, -0.15) is 0 Å². The highest BCUT2D eigenvalue weighted by Gasteiger charge is 2.39. The molecule has 0 amide bonds. The molecule has 1 nitrogen and oxygen atoms in total. The highest BCUT2D eigenvalue weighted by Crippen LogP contribution is 2.51. The average Bonchev–Trinajstić information content (AvgIpc) is 2.99. The van der Waals surface area contributed by atoms with Crippen LogP contribution in [0.4, 0.5) is 0 Å². The van der Waals surface area contributed by atoms with Gasteiger partial charge in [0.1, 0.15) is 0 Å². The highest BCUT2D eigenvalue weighted by atomic mass is 14.8. The predicted molar refractivity (Wildman–Crippen MR) is 77.7 cm³/mol. The summed E-state index contributed by atoms with van der Waals surface area (Å²) in [7, 11) is 2.04. The second-order valence-electron chi connectivity index (χ2n) is 5.79. The minimum absolute atomic E-state index is 0.408. The minimum atomic E-state index is 0.408. The van der Waals surface area contributed by atoms with Gasteiger partial charge < -0.3 is 5.32 Å². The molecule has 1 aromatic carbocycles. The predicted octanol–water partition coefficient (Wildman–Crippen LogP) is 3.90. The summed E-state index contributed by atoms with van der Waals surface area (Å²) in [6.45, 7) is 1.12. The Balaban J connectivity index is 1.90. The number of allylic oxidation sites excluding steroid dienone is 2. The first-order chi connectivity index (χ1) is 8.86. The number of benzene rings is 1. The van der Waals surface area contributed by atoms with Gasteiger partial charge >= 0.3 is 0 Å². The van der Waals surface area contributed by atoms with Crippen LogP contribution in [0, 0.1) is 0 Å². The number of fused-ring (bicyclic) bond motifs is 2. The first-order valence-electron chi connectivity index (χ1n) is 7.32. The van der Waals surface area contributed by atoms with Gasteiger partial charge in [0.05, 0.1) is 0 Å². The van der Waals surface area contributed by atoms with E-state index in [4.69, 9.17) is 0 Å². The van der Waals surface area contributed by atoms with Gasteiger partial charge in [-0.1, -0.05) is 43.2 Å². The zero-order valence-electron chi connectivity index (χ0n) is 11.3. The van der Waals surface area contributed by atoms with E-state index in [0.717, 1.165) is 6.54 Å². The van der Waals surface area contributed by atoms with Crippen LogP contribution in [-0.2, 0) is 5.41 Å². The van der Waals surface area contributed by atoms with Crippen molar-refractivity contribution >= 4 is 5.57 Å². The molecule has 2 aliphatic rings. The Labute approximate surface area is 110 Å². The summed E-state index contributed by atoms with van der Waals surface area (Å²) in [5, 5.41) is 3.25. The van der Waals surface area contributed by atoms with E-state index in [1.165, 1.54) is 44.1 Å². The molecule has 1 heteroatoms. The molecule has 2 aliphatic carbocycles. The largest absolute Gasteiger partial charge is 0.320 e. The summed E-state index contributed by atoms with van der Waals surface area (Å²) >= 11 is 0. The molecule has 0 atom stereocenters. The monoisotopic (exact) mass is 241 g/mol. The Morgan fingerprint density at radius 3 is 2.72 bits per heavy atom. The zero-order chi connectivity index (χ0) is 12.4. The Bertz CT molecular complexity index is 452. The summed E-state index contributed by atoms with van der Waals surface area (Å²) < 4.78 is 0. The average molecular weight is 241 g/mol. The third-order valence-corrected chi connectivity index (χ3v) is 4.63. The Kier molecular flexibility index (Phi) is 3.25. The molecule has 0 saturated heterocycles. The molecule has 0 aliphatic heterocycles. The van der Waals surface area contributed by atoms with Crippen molar-refractivity contribution in [2.24, 2.45) is 0 Å². The summed E-state index contributed by atoms with van der Waals surface area (Å²) in [5.41, 5.74) is 5.16. The summed E-state index contributed by atoms with van der Waals surface area (Å²) in [4.78, 5) is 0. The highest BCUT2D eigenvalue weighted by molar-refractivity contribution is 5.76. The number of hydrogen-bond acceptors (Lipinski definition) is 1. The molecule has 1 spiro atoms. The van der Waals surface area contributed by atoms with Crippen LogP contribution in [0.25, 0.3) is 5.57 Å². The van der Waals surface area contributed by atoms with Crippen LogP contribution in [0.2, 0.25) is 0 Å². The molecule has 0 heterocycles. The van der Waals surface area contributed by atoms with Gasteiger partial charge in [0.25, 0.3) is 0 Å². The van der Waals surface area contributed by atoms with Crippen molar-refractivity contribution in [2.45, 2.75) is 43.9 Å². The number of hydrogen-bond donors (Lipinski definition) is 1. The van der Waals surface area contributed by atoms with Crippen LogP contribution >= 0.6 is 0 Å². The van der Waals surface area contributed by atoms with Crippen molar-refractivity contribution in [1.82, 2.24) is 5.32 Å². The Morgan fingerprint density at radius 2 is 1.94 bits per heavy atom. The Morgan fingerprint density at radius 1 is 1.17 bits per heavy atom. The van der Waals surface area contributed by atoms with Crippen molar-refractivity contribution in [1.29, 1.82) is 0 Å². The van der Waals surface area contributed by atoms with Crippen molar-refractivity contribution < 1.29 is 0 Å². The van der Waals surface area contributed by atoms with E-state index in [9.17, 15) is 0 Å². The fourth-order valence-corrected chi connectivity index (χ4v) is 3.77. The molecule has 1 fully saturated rings. The van der Waals surface area contributed by atoms with Crippen LogP contribution in [0.3, 0.4) is 0 Å². The fraction of sp³-hybridized carbons (Fsp3) is 0.529. The van der Waals surface area contributed by atoms with E-state index >= 15 is 0 Å². The normalized spacial score (nSPS) is 20.2. The lowest BCUT2D eigenvalue weighted by molar-refractivity contribution is 0.567. The molecule has 96 valence electrons. The molecule has 1 aromatic rings. The number of nitrogens with one attached hydrogen (secondary N) is 1. The van der Waals surface area contributed by atoms with Gasteiger partial charge in [0, 0.05) is 5.41 Å². The lowest BCUT2D eigenvalue weighted by Gasteiger charge is -2.22. The van der Waals surface area contributed by atoms with Crippen molar-refractivity contribution in [3.05, 3.63) is 41.5 Å². The van der Waals surface area contributed by atoms with E-state index in [-0.39, 0.29) is 0 Å². The number of rotatable bonds is 4. The molecular formula is C17H23N. The lowest BCUT2D eigenvalue weighted by atomic mass is 9.81. The second kappa shape index (κ2) is 4.89. The lowest BCUT2D eigenvalue weighted by Crippen LogP contribution is -2.16. The molecule has 0 aromatic heterocycles. The standard InChI is InChI=1S/C17H23N/c1-18-12-6-7-14-13-17(10-4-5-11-17)16-9-3-2-8-15(14)16/h2-3,8-9,13,18H,4-7,10-12H2,1H3. The first-order valence-corrected chi connectivity index (χ1v) is 7.32. The summed E-state index contributed by atoms with van der Waals surface area (Å²) in [6, 6.07) is 9.10. The first kappa shape index (κ1) is 12.0.